The summed E-state index contributed by atoms with van der Waals surface area (Å²) in [5.41, 5.74) is 5.85. The molecule has 1 aliphatic carbocycles. The second kappa shape index (κ2) is 12.0. The van der Waals surface area contributed by atoms with Crippen LogP contribution < -0.4 is 5.32 Å². The lowest BCUT2D eigenvalue weighted by Gasteiger charge is -2.30. The first-order valence-electron chi connectivity index (χ1n) is 14.6. The summed E-state index contributed by atoms with van der Waals surface area (Å²) in [5, 5.41) is 3.21. The number of carbonyl (C=O) groups is 2. The van der Waals surface area contributed by atoms with Gasteiger partial charge in [-0.3, -0.25) is 9.59 Å². The van der Waals surface area contributed by atoms with E-state index in [4.69, 9.17) is 0 Å². The lowest BCUT2D eigenvalue weighted by atomic mass is 9.74. The van der Waals surface area contributed by atoms with Crippen LogP contribution in [0.1, 0.15) is 85.8 Å². The van der Waals surface area contributed by atoms with Gasteiger partial charge in [0.1, 0.15) is 5.41 Å². The Kier molecular flexibility index (Phi) is 8.30. The number of hydrogen-bond acceptors (Lipinski definition) is 2. The van der Waals surface area contributed by atoms with Crippen LogP contribution in [0.15, 0.2) is 84.9 Å². The largest absolute Gasteiger partial charge is 0.355 e. The van der Waals surface area contributed by atoms with Crippen molar-refractivity contribution in [3.8, 4) is 11.1 Å². The number of nitrogens with one attached hydrogen (secondary N) is 1. The Morgan fingerprint density at radius 1 is 0.897 bits per heavy atom. The van der Waals surface area contributed by atoms with E-state index in [1.54, 1.807) is 0 Å². The van der Waals surface area contributed by atoms with Crippen molar-refractivity contribution in [1.82, 2.24) is 10.2 Å². The van der Waals surface area contributed by atoms with E-state index in [0.29, 0.717) is 13.0 Å². The molecule has 1 atom stereocenters. The van der Waals surface area contributed by atoms with E-state index in [0.717, 1.165) is 78.5 Å². The molecule has 4 nitrogen and oxygen atoms in total. The maximum atomic E-state index is 13.8. The quantitative estimate of drug-likeness (QED) is 0.200. The van der Waals surface area contributed by atoms with Gasteiger partial charge in [0.15, 0.2) is 0 Å². The molecule has 0 saturated carbocycles. The molecule has 0 saturated heterocycles. The lowest BCUT2D eigenvalue weighted by Crippen LogP contribution is -2.44. The summed E-state index contributed by atoms with van der Waals surface area (Å²) in [6.07, 6.45) is 11.1. The average molecular weight is 521 g/mol. The molecular formula is C35H40N2O2. The summed E-state index contributed by atoms with van der Waals surface area (Å²) < 4.78 is 0. The molecule has 2 amide bonds. The highest BCUT2D eigenvalue weighted by Gasteiger charge is 2.47. The first-order chi connectivity index (χ1) is 19.1. The summed E-state index contributed by atoms with van der Waals surface area (Å²) >= 11 is 0. The molecule has 0 fully saturated rings. The molecule has 1 aliphatic heterocycles. The minimum Gasteiger partial charge on any atom is -0.355 e. The number of benzene rings is 3. The molecule has 1 heterocycles. The highest BCUT2D eigenvalue weighted by molar-refractivity contribution is 6.01. The molecule has 202 valence electrons. The number of unbranched alkanes of at least 4 members (excludes halogenated alkanes) is 2. The maximum absolute atomic E-state index is 13.8. The van der Waals surface area contributed by atoms with Crippen molar-refractivity contribution in [2.24, 2.45) is 0 Å². The van der Waals surface area contributed by atoms with Gasteiger partial charge in [-0.2, -0.15) is 0 Å². The zero-order chi connectivity index (χ0) is 27.2. The summed E-state index contributed by atoms with van der Waals surface area (Å²) in [7, 11) is 0. The average Bonchev–Trinajstić information content (AvgIpc) is 3.46. The van der Waals surface area contributed by atoms with Crippen LogP contribution in [0.4, 0.5) is 0 Å². The van der Waals surface area contributed by atoms with Crippen LogP contribution in [-0.2, 0) is 16.8 Å². The van der Waals surface area contributed by atoms with E-state index >= 15 is 0 Å². The van der Waals surface area contributed by atoms with Gasteiger partial charge in [-0.15, -0.1) is 0 Å². The van der Waals surface area contributed by atoms with Gasteiger partial charge < -0.3 is 10.2 Å². The third-order valence-corrected chi connectivity index (χ3v) is 8.50. The maximum Gasteiger partial charge on any atom is 0.254 e. The molecule has 5 rings (SSSR count). The van der Waals surface area contributed by atoms with Crippen LogP contribution in [0, 0.1) is 0 Å². The van der Waals surface area contributed by atoms with Gasteiger partial charge in [0, 0.05) is 24.7 Å². The highest BCUT2D eigenvalue weighted by Crippen LogP contribution is 2.51. The Morgan fingerprint density at radius 2 is 1.54 bits per heavy atom. The Balaban J connectivity index is 1.22. The first kappa shape index (κ1) is 26.9. The third kappa shape index (κ3) is 5.05. The number of amides is 2. The number of hydrogen-bond donors (Lipinski definition) is 1. The fourth-order valence-electron chi connectivity index (χ4n) is 6.44. The number of fused-ring (bicyclic) bond motifs is 4. The van der Waals surface area contributed by atoms with Crippen LogP contribution in [0.3, 0.4) is 0 Å². The second-order valence-electron chi connectivity index (χ2n) is 10.9. The predicted molar refractivity (Wildman–Crippen MR) is 159 cm³/mol. The number of allylic oxidation sites excluding steroid dienone is 2. The van der Waals surface area contributed by atoms with Gasteiger partial charge in [0.2, 0.25) is 5.91 Å². The van der Waals surface area contributed by atoms with Crippen LogP contribution >= 0.6 is 0 Å². The molecule has 4 heteroatoms. The highest BCUT2D eigenvalue weighted by atomic mass is 16.2. The van der Waals surface area contributed by atoms with Gasteiger partial charge in [-0.1, -0.05) is 99.2 Å². The van der Waals surface area contributed by atoms with Crippen molar-refractivity contribution in [1.29, 1.82) is 0 Å². The molecule has 0 spiro atoms. The van der Waals surface area contributed by atoms with Crippen molar-refractivity contribution in [2.45, 2.75) is 76.8 Å². The van der Waals surface area contributed by atoms with Gasteiger partial charge in [0.05, 0.1) is 0 Å². The van der Waals surface area contributed by atoms with Crippen LogP contribution in [0.25, 0.3) is 11.1 Å². The van der Waals surface area contributed by atoms with E-state index in [9.17, 15) is 9.59 Å². The molecule has 39 heavy (non-hydrogen) atoms. The van der Waals surface area contributed by atoms with Gasteiger partial charge >= 0.3 is 0 Å². The molecule has 2 aliphatic rings. The van der Waals surface area contributed by atoms with Crippen LogP contribution in [-0.4, -0.2) is 29.3 Å². The van der Waals surface area contributed by atoms with E-state index < -0.39 is 5.41 Å². The minimum atomic E-state index is -0.697. The Labute approximate surface area is 233 Å². The van der Waals surface area contributed by atoms with Crippen molar-refractivity contribution in [2.75, 3.05) is 6.54 Å². The van der Waals surface area contributed by atoms with Gasteiger partial charge in [-0.25, -0.2) is 0 Å². The van der Waals surface area contributed by atoms with Gasteiger partial charge in [0.25, 0.3) is 5.91 Å². The molecule has 1 N–H and O–H groups in total. The molecule has 3 aromatic carbocycles. The van der Waals surface area contributed by atoms with Crippen LogP contribution in [0.5, 0.6) is 0 Å². The summed E-state index contributed by atoms with van der Waals surface area (Å²) in [5.74, 6) is 0.273. The zero-order valence-corrected chi connectivity index (χ0v) is 23.3. The molecule has 0 aromatic heterocycles. The smallest absolute Gasteiger partial charge is 0.254 e. The lowest BCUT2D eigenvalue weighted by molar-refractivity contribution is -0.125. The standard InChI is InChI=1S/C35H40N2O2/c1-3-24-36-34(39)35(31-21-13-11-19-29(31)30-20-12-14-22-32(30)35)23-15-7-5-6-8-17-27(4-2)37-25-26-16-9-10-18-28(26)33(37)38/h7,9-16,18-22,27H,3-6,8,17,23-25H2,1-2H3,(H,36,39)/b15-7-. The van der Waals surface area contributed by atoms with Crippen molar-refractivity contribution < 1.29 is 9.59 Å². The Bertz CT molecular complexity index is 1310. The molecule has 0 bridgehead atoms. The zero-order valence-electron chi connectivity index (χ0n) is 23.3. The molecular weight excluding hydrogens is 480 g/mol. The second-order valence-corrected chi connectivity index (χ2v) is 10.9. The van der Waals surface area contributed by atoms with E-state index in [2.05, 4.69) is 78.7 Å². The van der Waals surface area contributed by atoms with E-state index in [-0.39, 0.29) is 17.9 Å². The monoisotopic (exact) mass is 520 g/mol. The van der Waals surface area contributed by atoms with Crippen molar-refractivity contribution in [3.05, 3.63) is 107 Å². The van der Waals surface area contributed by atoms with Gasteiger partial charge in [-0.05, 0) is 72.4 Å². The molecule has 1 unspecified atom stereocenters. The van der Waals surface area contributed by atoms with Crippen molar-refractivity contribution >= 4 is 11.8 Å². The number of carbonyl (C=O) groups excluding carboxylic acids is 2. The SMILES string of the molecule is CCCNC(=O)C1(C/C=C\CCCCC(CC)N2Cc3ccccc3C2=O)c2ccccc2-c2ccccc21. The molecule has 0 radical (unpaired) electrons. The predicted octanol–water partition coefficient (Wildman–Crippen LogP) is 7.42. The normalized spacial score (nSPS) is 15.7. The number of rotatable bonds is 12. The number of nitrogens with zero attached hydrogens (tertiary/aromatic N) is 1. The minimum absolute atomic E-state index is 0.0912. The Hall–Kier alpha value is -3.66. The summed E-state index contributed by atoms with van der Waals surface area (Å²) in [6, 6.07) is 25.0. The Morgan fingerprint density at radius 3 is 2.18 bits per heavy atom. The first-order valence-corrected chi connectivity index (χ1v) is 14.6. The summed E-state index contributed by atoms with van der Waals surface area (Å²) in [4.78, 5) is 28.8. The molecule has 3 aromatic rings. The fourth-order valence-corrected chi connectivity index (χ4v) is 6.44. The topological polar surface area (TPSA) is 49.4 Å². The van der Waals surface area contributed by atoms with Crippen molar-refractivity contribution in [3.63, 3.8) is 0 Å². The van der Waals surface area contributed by atoms with E-state index in [1.807, 2.05) is 30.3 Å². The van der Waals surface area contributed by atoms with Crippen LogP contribution in [0.2, 0.25) is 0 Å². The third-order valence-electron chi connectivity index (χ3n) is 8.50. The summed E-state index contributed by atoms with van der Waals surface area (Å²) in [6.45, 7) is 5.68. The fraction of sp³-hybridized carbons (Fsp3) is 0.371. The van der Waals surface area contributed by atoms with E-state index in [1.165, 1.54) is 0 Å².